The minimum atomic E-state index is -0.304. The molecular weight excluding hydrogens is 444 g/mol. The van der Waals surface area contributed by atoms with E-state index < -0.39 is 0 Å². The molecule has 8 heteroatoms. The third kappa shape index (κ3) is 4.24. The molecule has 2 heterocycles. The second kappa shape index (κ2) is 8.45. The van der Waals surface area contributed by atoms with E-state index in [9.17, 15) is 4.79 Å². The van der Waals surface area contributed by atoms with Gasteiger partial charge in [0.25, 0.3) is 5.91 Å². The van der Waals surface area contributed by atoms with Crippen LogP contribution < -0.4 is 9.46 Å². The van der Waals surface area contributed by atoms with Crippen LogP contribution >= 0.6 is 23.5 Å². The number of benzene rings is 1. The van der Waals surface area contributed by atoms with Crippen molar-refractivity contribution in [3.8, 4) is 11.7 Å². The Labute approximate surface area is 197 Å². The van der Waals surface area contributed by atoms with Crippen LogP contribution in [0.1, 0.15) is 43.6 Å². The zero-order valence-corrected chi connectivity index (χ0v) is 20.4. The fourth-order valence-electron chi connectivity index (χ4n) is 3.98. The molecule has 32 heavy (non-hydrogen) atoms. The lowest BCUT2D eigenvalue weighted by Gasteiger charge is -2.09. The summed E-state index contributed by atoms with van der Waals surface area (Å²) < 4.78 is 10.3. The standard InChI is InChI=1S/C24H27ClN4O2S/c1-15-8-6-7-9-17(15)32-28-22(30)16-10-11-19(26-21(16)25)29-13-12-20(27-29)31-14-18-23(2,3)24(18,4)5/h6-13,18H,14H2,1-5H3,(H,28,30). The SMILES string of the molecule is Cc1ccccc1SNC(=O)c1ccc(-n2ccc(OCC3C(C)(C)C3(C)C)n2)nc1Cl. The van der Waals surface area contributed by atoms with Crippen LogP contribution in [0, 0.1) is 23.7 Å². The minimum Gasteiger partial charge on any atom is -0.476 e. The Bertz CT molecular complexity index is 1140. The highest BCUT2D eigenvalue weighted by Gasteiger charge is 2.64. The predicted octanol–water partition coefficient (Wildman–Crippen LogP) is 5.73. The van der Waals surface area contributed by atoms with Crippen molar-refractivity contribution in [2.75, 3.05) is 6.61 Å². The number of aromatic nitrogens is 3. The van der Waals surface area contributed by atoms with Crippen LogP contribution in [0.3, 0.4) is 0 Å². The summed E-state index contributed by atoms with van der Waals surface area (Å²) in [5.41, 5.74) is 1.91. The first-order valence-corrected chi connectivity index (χ1v) is 11.7. The summed E-state index contributed by atoms with van der Waals surface area (Å²) in [6.07, 6.45) is 1.77. The van der Waals surface area contributed by atoms with Crippen LogP contribution in [0.5, 0.6) is 5.88 Å². The molecule has 0 atom stereocenters. The molecule has 0 aliphatic heterocycles. The van der Waals surface area contributed by atoms with Crippen molar-refractivity contribution in [2.24, 2.45) is 16.7 Å². The number of aryl methyl sites for hydroxylation is 1. The van der Waals surface area contributed by atoms with Crippen LogP contribution in [0.4, 0.5) is 0 Å². The maximum absolute atomic E-state index is 12.6. The Hall–Kier alpha value is -2.51. The lowest BCUT2D eigenvalue weighted by molar-refractivity contribution is 0.0984. The molecule has 0 radical (unpaired) electrons. The Morgan fingerprint density at radius 1 is 1.16 bits per heavy atom. The monoisotopic (exact) mass is 470 g/mol. The van der Waals surface area contributed by atoms with Crippen LogP contribution in [-0.4, -0.2) is 27.3 Å². The van der Waals surface area contributed by atoms with Crippen molar-refractivity contribution < 1.29 is 9.53 Å². The first-order chi connectivity index (χ1) is 15.1. The number of carbonyl (C=O) groups excluding carboxylic acids is 1. The van der Waals surface area contributed by atoms with Gasteiger partial charge in [-0.15, -0.1) is 5.10 Å². The van der Waals surface area contributed by atoms with Gasteiger partial charge in [-0.25, -0.2) is 9.67 Å². The van der Waals surface area contributed by atoms with Gasteiger partial charge in [-0.3, -0.25) is 9.52 Å². The summed E-state index contributed by atoms with van der Waals surface area (Å²) in [6.45, 7) is 11.7. The van der Waals surface area contributed by atoms with Crippen LogP contribution in [0.25, 0.3) is 5.82 Å². The molecule has 6 nitrogen and oxygen atoms in total. The highest BCUT2D eigenvalue weighted by atomic mass is 35.5. The zero-order valence-electron chi connectivity index (χ0n) is 18.8. The highest BCUT2D eigenvalue weighted by Crippen LogP contribution is 2.68. The second-order valence-electron chi connectivity index (χ2n) is 9.21. The third-order valence-corrected chi connectivity index (χ3v) is 8.20. The topological polar surface area (TPSA) is 69.0 Å². The van der Waals surface area contributed by atoms with E-state index in [1.807, 2.05) is 31.2 Å². The predicted molar refractivity (Wildman–Crippen MR) is 127 cm³/mol. The Kier molecular flexibility index (Phi) is 5.98. The molecule has 1 saturated carbocycles. The van der Waals surface area contributed by atoms with Crippen molar-refractivity contribution in [1.82, 2.24) is 19.5 Å². The van der Waals surface area contributed by atoms with E-state index in [-0.39, 0.29) is 21.9 Å². The van der Waals surface area contributed by atoms with Crippen LogP contribution in [0.15, 0.2) is 53.6 Å². The van der Waals surface area contributed by atoms with Gasteiger partial charge in [-0.2, -0.15) is 0 Å². The van der Waals surface area contributed by atoms with Crippen molar-refractivity contribution in [3.05, 3.63) is 64.9 Å². The van der Waals surface area contributed by atoms with E-state index in [4.69, 9.17) is 16.3 Å². The lowest BCUT2D eigenvalue weighted by Crippen LogP contribution is -2.17. The average Bonchev–Trinajstić information content (AvgIpc) is 3.06. The molecule has 1 N–H and O–H groups in total. The van der Waals surface area contributed by atoms with E-state index in [1.165, 1.54) is 11.9 Å². The number of pyridine rings is 1. The van der Waals surface area contributed by atoms with Gasteiger partial charge < -0.3 is 4.74 Å². The Morgan fingerprint density at radius 2 is 1.88 bits per heavy atom. The summed E-state index contributed by atoms with van der Waals surface area (Å²) in [7, 11) is 0. The molecule has 0 saturated heterocycles. The fourth-order valence-corrected chi connectivity index (χ4v) is 4.90. The van der Waals surface area contributed by atoms with Gasteiger partial charge in [-0.1, -0.05) is 57.5 Å². The van der Waals surface area contributed by atoms with E-state index in [0.29, 0.717) is 29.8 Å². The molecular formula is C24H27ClN4O2S. The summed E-state index contributed by atoms with van der Waals surface area (Å²) in [6, 6.07) is 13.0. The quantitative estimate of drug-likeness (QED) is 0.353. The molecule has 1 aliphatic rings. The van der Waals surface area contributed by atoms with Crippen molar-refractivity contribution in [1.29, 1.82) is 0 Å². The molecule has 1 aliphatic carbocycles. The molecule has 168 valence electrons. The van der Waals surface area contributed by atoms with Crippen LogP contribution in [0.2, 0.25) is 5.15 Å². The molecule has 1 fully saturated rings. The van der Waals surface area contributed by atoms with E-state index >= 15 is 0 Å². The Balaban J connectivity index is 1.39. The number of hydrogen-bond acceptors (Lipinski definition) is 5. The largest absolute Gasteiger partial charge is 0.476 e. The first-order valence-electron chi connectivity index (χ1n) is 10.5. The van der Waals surface area contributed by atoms with E-state index in [0.717, 1.165) is 10.5 Å². The number of rotatable bonds is 7. The van der Waals surface area contributed by atoms with E-state index in [2.05, 4.69) is 42.5 Å². The van der Waals surface area contributed by atoms with Crippen LogP contribution in [-0.2, 0) is 0 Å². The summed E-state index contributed by atoms with van der Waals surface area (Å²) in [5.74, 6) is 1.24. The molecule has 1 amide bonds. The number of ether oxygens (including phenoxy) is 1. The van der Waals surface area contributed by atoms with Gasteiger partial charge >= 0.3 is 0 Å². The lowest BCUT2D eigenvalue weighted by atomic mass is 10.0. The third-order valence-electron chi connectivity index (χ3n) is 6.94. The van der Waals surface area contributed by atoms with Gasteiger partial charge in [-0.05, 0) is 53.5 Å². The normalized spacial score (nSPS) is 16.6. The molecule has 0 bridgehead atoms. The maximum Gasteiger partial charge on any atom is 0.264 e. The summed E-state index contributed by atoms with van der Waals surface area (Å²) >= 11 is 7.57. The summed E-state index contributed by atoms with van der Waals surface area (Å²) in [5, 5.41) is 4.56. The average molecular weight is 471 g/mol. The highest BCUT2D eigenvalue weighted by molar-refractivity contribution is 7.98. The number of hydrogen-bond donors (Lipinski definition) is 1. The summed E-state index contributed by atoms with van der Waals surface area (Å²) in [4.78, 5) is 17.9. The molecule has 0 unspecified atom stereocenters. The van der Waals surface area contributed by atoms with Gasteiger partial charge in [0.1, 0.15) is 5.15 Å². The minimum absolute atomic E-state index is 0.116. The smallest absolute Gasteiger partial charge is 0.264 e. The molecule has 2 aromatic heterocycles. The number of nitrogens with one attached hydrogen (secondary N) is 1. The van der Waals surface area contributed by atoms with Gasteiger partial charge in [0, 0.05) is 23.1 Å². The fraction of sp³-hybridized carbons (Fsp3) is 0.375. The number of amides is 1. The second-order valence-corrected chi connectivity index (χ2v) is 10.4. The molecule has 1 aromatic carbocycles. The van der Waals surface area contributed by atoms with Crippen molar-refractivity contribution >= 4 is 29.5 Å². The van der Waals surface area contributed by atoms with E-state index in [1.54, 1.807) is 29.1 Å². The number of halogens is 1. The van der Waals surface area contributed by atoms with Gasteiger partial charge in [0.05, 0.1) is 12.2 Å². The molecule has 4 rings (SSSR count). The molecule has 3 aromatic rings. The maximum atomic E-state index is 12.6. The zero-order chi connectivity index (χ0) is 23.1. The van der Waals surface area contributed by atoms with Gasteiger partial charge in [0.15, 0.2) is 5.82 Å². The van der Waals surface area contributed by atoms with Crippen molar-refractivity contribution in [2.45, 2.75) is 39.5 Å². The number of carbonyl (C=O) groups is 1. The van der Waals surface area contributed by atoms with Gasteiger partial charge in [0.2, 0.25) is 5.88 Å². The number of nitrogens with zero attached hydrogens (tertiary/aromatic N) is 3. The Morgan fingerprint density at radius 3 is 2.53 bits per heavy atom. The molecule has 0 spiro atoms. The van der Waals surface area contributed by atoms with Crippen molar-refractivity contribution in [3.63, 3.8) is 0 Å². The first kappa shape index (κ1) is 22.7.